The molecule has 0 heterocycles. The van der Waals surface area contributed by atoms with E-state index in [4.69, 9.17) is 16.3 Å². The fourth-order valence-corrected chi connectivity index (χ4v) is 2.57. The van der Waals surface area contributed by atoms with Crippen LogP contribution in [0, 0.1) is 63.7 Å². The third-order valence-electron chi connectivity index (χ3n) is 3.84. The molecule has 150 valence electrons. The number of amides is 1. The maximum Gasteiger partial charge on any atom is 2.00 e. The van der Waals surface area contributed by atoms with Crippen LogP contribution in [-0.4, -0.2) is 5.91 Å². The van der Waals surface area contributed by atoms with Crippen LogP contribution in [0.1, 0.15) is 0 Å². The summed E-state index contributed by atoms with van der Waals surface area (Å²) in [6.45, 7) is 0. The van der Waals surface area contributed by atoms with E-state index in [1.165, 1.54) is 0 Å². The number of allylic oxidation sites excluding steroid dienone is 1. The Morgan fingerprint density at radius 2 is 1.37 bits per heavy atom. The van der Waals surface area contributed by atoms with E-state index in [-0.39, 0.29) is 28.7 Å². The van der Waals surface area contributed by atoms with Gasteiger partial charge in [0, 0.05) is 16.6 Å². The van der Waals surface area contributed by atoms with Crippen molar-refractivity contribution in [2.24, 2.45) is 0 Å². The molecule has 2 aliphatic rings. The van der Waals surface area contributed by atoms with Crippen molar-refractivity contribution in [1.82, 2.24) is 0 Å². The molecule has 0 saturated heterocycles. The van der Waals surface area contributed by atoms with Crippen molar-refractivity contribution in [1.29, 1.82) is 0 Å². The van der Waals surface area contributed by atoms with Crippen LogP contribution in [-0.2, 0) is 21.9 Å². The SMILES string of the molecule is O=C(Nc1ccc(Cl)cc1)/C(=C/[C]1[CH][CH][CH][CH]1)Oc1ccccc1.[CH]1[CH][CH][CH][CH]1.[Fe+2]. The second-order valence-corrected chi connectivity index (χ2v) is 6.50. The van der Waals surface area contributed by atoms with E-state index in [9.17, 15) is 4.79 Å². The fourth-order valence-electron chi connectivity index (χ4n) is 2.44. The summed E-state index contributed by atoms with van der Waals surface area (Å²) in [5.74, 6) is 1.37. The summed E-state index contributed by atoms with van der Waals surface area (Å²) in [4.78, 5) is 12.6. The van der Waals surface area contributed by atoms with Crippen molar-refractivity contribution in [2.75, 3.05) is 5.32 Å². The minimum atomic E-state index is -0.331. The van der Waals surface area contributed by atoms with E-state index in [2.05, 4.69) is 5.32 Å². The molecule has 30 heavy (non-hydrogen) atoms. The van der Waals surface area contributed by atoms with Crippen molar-refractivity contribution < 1.29 is 26.6 Å². The molecule has 1 amide bonds. The first-order chi connectivity index (χ1) is 14.2. The van der Waals surface area contributed by atoms with Crippen LogP contribution in [0.5, 0.6) is 5.75 Å². The van der Waals surface area contributed by atoms with Gasteiger partial charge in [-0.05, 0) is 100 Å². The first-order valence-corrected chi connectivity index (χ1v) is 9.48. The molecular weight excluding hydrogens is 438 g/mol. The molecule has 0 aromatic heterocycles. The van der Waals surface area contributed by atoms with Gasteiger partial charge in [0.2, 0.25) is 0 Å². The Morgan fingerprint density at radius 1 is 0.800 bits per heavy atom. The number of halogens is 1. The standard InChI is InChI=1S/C20H15ClNO2.C5H5.Fe/c21-16-10-12-17(13-11-16)22-20(23)19(14-15-6-4-5-7-15)24-18-8-2-1-3-9-18;1-2-4-5-3-1;/h1-14H,(H,22,23);1-5H;/q;;+2/b19-14-;;. The predicted octanol–water partition coefficient (Wildman–Crippen LogP) is 5.67. The topological polar surface area (TPSA) is 38.3 Å². The Hall–Kier alpha value is -1.74. The van der Waals surface area contributed by atoms with Crippen LogP contribution < -0.4 is 10.1 Å². The van der Waals surface area contributed by atoms with E-state index < -0.39 is 0 Å². The molecule has 2 fully saturated rings. The number of hydrogen-bond donors (Lipinski definition) is 1. The van der Waals surface area contributed by atoms with Gasteiger partial charge in [0.25, 0.3) is 5.91 Å². The zero-order valence-electron chi connectivity index (χ0n) is 16.0. The maximum atomic E-state index is 12.6. The number of rotatable bonds is 5. The van der Waals surface area contributed by atoms with Crippen LogP contribution in [0.25, 0.3) is 0 Å². The van der Waals surface area contributed by atoms with Gasteiger partial charge in [-0.3, -0.25) is 4.79 Å². The Morgan fingerprint density at radius 3 is 1.93 bits per heavy atom. The molecule has 0 bridgehead atoms. The number of carbonyl (C=O) groups excluding carboxylic acids is 1. The number of para-hydroxylation sites is 1. The van der Waals surface area contributed by atoms with Gasteiger partial charge >= 0.3 is 17.1 Å². The maximum absolute atomic E-state index is 12.6. The summed E-state index contributed by atoms with van der Waals surface area (Å²) in [6, 6.07) is 16.1. The average molecular weight is 458 g/mol. The molecule has 10 radical (unpaired) electrons. The molecule has 0 unspecified atom stereocenters. The Bertz CT molecular complexity index is 775. The minimum Gasteiger partial charge on any atom is -0.452 e. The van der Waals surface area contributed by atoms with Gasteiger partial charge in [-0.2, -0.15) is 0 Å². The number of anilines is 1. The first kappa shape index (κ1) is 24.5. The predicted molar refractivity (Wildman–Crippen MR) is 117 cm³/mol. The van der Waals surface area contributed by atoms with Gasteiger partial charge in [0.15, 0.2) is 5.76 Å². The molecule has 1 N–H and O–H groups in total. The largest absolute Gasteiger partial charge is 2.00 e. The molecular formula is C25H20ClFeNO2+2. The Labute approximate surface area is 195 Å². The monoisotopic (exact) mass is 457 g/mol. The molecule has 2 aromatic carbocycles. The summed E-state index contributed by atoms with van der Waals surface area (Å²) in [7, 11) is 0. The number of hydrogen-bond acceptors (Lipinski definition) is 2. The van der Waals surface area contributed by atoms with Gasteiger partial charge in [0.1, 0.15) is 5.75 Å². The summed E-state index contributed by atoms with van der Waals surface area (Å²) < 4.78 is 5.77. The summed E-state index contributed by atoms with van der Waals surface area (Å²) >= 11 is 5.86. The van der Waals surface area contributed by atoms with Gasteiger partial charge in [-0.15, -0.1) is 0 Å². The molecule has 4 rings (SSSR count). The van der Waals surface area contributed by atoms with Crippen LogP contribution in [0.15, 0.2) is 66.4 Å². The molecule has 2 aliphatic carbocycles. The number of carbonyl (C=O) groups is 1. The minimum absolute atomic E-state index is 0. The van der Waals surface area contributed by atoms with Gasteiger partial charge in [0.05, 0.1) is 0 Å². The molecule has 0 spiro atoms. The van der Waals surface area contributed by atoms with E-state index in [0.29, 0.717) is 16.5 Å². The van der Waals surface area contributed by atoms with Crippen LogP contribution in [0.2, 0.25) is 5.02 Å². The number of ether oxygens (including phenoxy) is 1. The molecule has 0 aliphatic heterocycles. The Balaban J connectivity index is 0.000000468. The van der Waals surface area contributed by atoms with Crippen molar-refractivity contribution >= 4 is 23.2 Å². The van der Waals surface area contributed by atoms with Crippen molar-refractivity contribution in [3.63, 3.8) is 0 Å². The van der Waals surface area contributed by atoms with Crippen LogP contribution >= 0.6 is 11.6 Å². The molecule has 3 nitrogen and oxygen atoms in total. The van der Waals surface area contributed by atoms with Crippen molar-refractivity contribution in [2.45, 2.75) is 0 Å². The molecule has 2 saturated carbocycles. The summed E-state index contributed by atoms with van der Waals surface area (Å²) in [5, 5.41) is 3.42. The second kappa shape index (κ2) is 13.5. The van der Waals surface area contributed by atoms with Crippen molar-refractivity contribution in [3.05, 3.63) is 135 Å². The van der Waals surface area contributed by atoms with Crippen LogP contribution in [0.3, 0.4) is 0 Å². The zero-order chi connectivity index (χ0) is 20.3. The van der Waals surface area contributed by atoms with E-state index in [0.717, 1.165) is 5.92 Å². The normalized spacial score (nSPS) is 16.2. The van der Waals surface area contributed by atoms with Gasteiger partial charge in [-0.1, -0.05) is 29.8 Å². The van der Waals surface area contributed by atoms with Gasteiger partial charge < -0.3 is 10.1 Å². The third-order valence-corrected chi connectivity index (χ3v) is 4.09. The van der Waals surface area contributed by atoms with E-state index in [1.54, 1.807) is 42.5 Å². The van der Waals surface area contributed by atoms with E-state index >= 15 is 0 Å². The van der Waals surface area contributed by atoms with E-state index in [1.807, 2.05) is 76.0 Å². The quantitative estimate of drug-likeness (QED) is 0.357. The number of benzene rings is 2. The zero-order valence-corrected chi connectivity index (χ0v) is 17.9. The van der Waals surface area contributed by atoms with Gasteiger partial charge in [-0.25, -0.2) is 0 Å². The smallest absolute Gasteiger partial charge is 0.452 e. The first-order valence-electron chi connectivity index (χ1n) is 9.10. The van der Waals surface area contributed by atoms with Crippen LogP contribution in [0.4, 0.5) is 5.69 Å². The summed E-state index contributed by atoms with van der Waals surface area (Å²) in [5.41, 5.74) is 0.648. The third kappa shape index (κ3) is 8.55. The molecule has 5 heteroatoms. The number of nitrogens with one attached hydrogen (secondary N) is 1. The average Bonchev–Trinajstić information content (AvgIpc) is 3.47. The Kier molecular flexibility index (Phi) is 11.1. The molecule has 0 atom stereocenters. The second-order valence-electron chi connectivity index (χ2n) is 6.07. The molecule has 2 aromatic rings. The summed E-state index contributed by atoms with van der Waals surface area (Å²) in [6.07, 6.45) is 19.3. The fraction of sp³-hybridized carbons (Fsp3) is 0. The van der Waals surface area contributed by atoms with Crippen molar-refractivity contribution in [3.8, 4) is 5.75 Å².